The van der Waals surface area contributed by atoms with E-state index < -0.39 is 0 Å². The zero-order chi connectivity index (χ0) is 14.7. The van der Waals surface area contributed by atoms with Gasteiger partial charge in [0.15, 0.2) is 5.82 Å². The normalized spacial score (nSPS) is 22.4. The second-order valence-electron chi connectivity index (χ2n) is 5.84. The van der Waals surface area contributed by atoms with Crippen molar-refractivity contribution >= 4 is 5.82 Å². The average molecular weight is 278 g/mol. The Labute approximate surface area is 120 Å². The molecular weight excluding hydrogens is 252 g/mol. The third-order valence-corrected chi connectivity index (χ3v) is 4.34. The highest BCUT2D eigenvalue weighted by Gasteiger charge is 2.32. The van der Waals surface area contributed by atoms with Crippen LogP contribution in [-0.2, 0) is 0 Å². The van der Waals surface area contributed by atoms with Crippen molar-refractivity contribution < 1.29 is 0 Å². The summed E-state index contributed by atoms with van der Waals surface area (Å²) in [6, 6.07) is 0.505. The quantitative estimate of drug-likeness (QED) is 0.891. The van der Waals surface area contributed by atoms with Crippen LogP contribution in [0.1, 0.15) is 46.1 Å². The maximum Gasteiger partial charge on any atom is 0.293 e. The summed E-state index contributed by atoms with van der Waals surface area (Å²) in [4.78, 5) is 19.1. The molecule has 1 heterocycles. The predicted octanol–water partition coefficient (Wildman–Crippen LogP) is 1.78. The molecule has 0 spiro atoms. The van der Waals surface area contributed by atoms with E-state index in [9.17, 15) is 4.79 Å². The van der Waals surface area contributed by atoms with Crippen LogP contribution in [0.15, 0.2) is 17.2 Å². The van der Waals surface area contributed by atoms with Crippen LogP contribution in [0, 0.1) is 5.92 Å². The molecule has 1 aromatic heterocycles. The Balaban J connectivity index is 2.37. The lowest BCUT2D eigenvalue weighted by molar-refractivity contribution is 0.455. The molecule has 1 aliphatic rings. The minimum Gasteiger partial charge on any atom is -0.349 e. The van der Waals surface area contributed by atoms with E-state index in [-0.39, 0.29) is 11.6 Å². The second kappa shape index (κ2) is 6.39. The molecule has 1 saturated carbocycles. The molecule has 5 nitrogen and oxygen atoms in total. The minimum atomic E-state index is 0.00650. The molecule has 2 N–H and O–H groups in total. The van der Waals surface area contributed by atoms with Crippen LogP contribution in [0.25, 0.3) is 0 Å². The molecule has 0 aliphatic heterocycles. The second-order valence-corrected chi connectivity index (χ2v) is 5.84. The largest absolute Gasteiger partial charge is 0.349 e. The number of hydrogen-bond acceptors (Lipinski definition) is 4. The average Bonchev–Trinajstić information content (AvgIpc) is 2.89. The first-order valence-corrected chi connectivity index (χ1v) is 7.64. The Kier molecular flexibility index (Phi) is 4.81. The van der Waals surface area contributed by atoms with Gasteiger partial charge < -0.3 is 15.2 Å². The maximum atomic E-state index is 12.6. The van der Waals surface area contributed by atoms with Gasteiger partial charge in [0.25, 0.3) is 5.56 Å². The van der Waals surface area contributed by atoms with Crippen molar-refractivity contribution in [3.63, 3.8) is 0 Å². The number of hydrogen-bond donors (Lipinski definition) is 1. The Hall–Kier alpha value is -1.36. The van der Waals surface area contributed by atoms with Crippen molar-refractivity contribution in [1.82, 2.24) is 9.55 Å². The summed E-state index contributed by atoms with van der Waals surface area (Å²) in [5, 5.41) is 0. The molecule has 20 heavy (non-hydrogen) atoms. The lowest BCUT2D eigenvalue weighted by atomic mass is 10.0. The van der Waals surface area contributed by atoms with Crippen LogP contribution in [0.3, 0.4) is 0 Å². The number of aromatic nitrogens is 2. The summed E-state index contributed by atoms with van der Waals surface area (Å²) in [5.41, 5.74) is 5.89. The lowest BCUT2D eigenvalue weighted by Crippen LogP contribution is -2.44. The Morgan fingerprint density at radius 2 is 2.25 bits per heavy atom. The standard InChI is InChI=1S/C15H26N4O/c1-4-18(13-7-5-6-12(13)10-16)14-15(20)19(11(2)3)9-8-17-14/h8-9,11-13H,4-7,10,16H2,1-3H3. The highest BCUT2D eigenvalue weighted by atomic mass is 16.1. The van der Waals surface area contributed by atoms with E-state index in [4.69, 9.17) is 5.73 Å². The van der Waals surface area contributed by atoms with Crippen LogP contribution in [0.4, 0.5) is 5.82 Å². The molecule has 0 bridgehead atoms. The fraction of sp³-hybridized carbons (Fsp3) is 0.733. The molecule has 0 radical (unpaired) electrons. The zero-order valence-electron chi connectivity index (χ0n) is 12.7. The van der Waals surface area contributed by atoms with Gasteiger partial charge in [-0.1, -0.05) is 6.42 Å². The topological polar surface area (TPSA) is 64.2 Å². The maximum absolute atomic E-state index is 12.6. The number of nitrogens with two attached hydrogens (primary N) is 1. The van der Waals surface area contributed by atoms with Gasteiger partial charge in [-0.3, -0.25) is 4.79 Å². The van der Waals surface area contributed by atoms with Crippen molar-refractivity contribution in [3.05, 3.63) is 22.7 Å². The van der Waals surface area contributed by atoms with Crippen molar-refractivity contribution in [3.8, 4) is 0 Å². The summed E-state index contributed by atoms with van der Waals surface area (Å²) in [5.74, 6) is 1.05. The van der Waals surface area contributed by atoms with E-state index in [0.717, 1.165) is 19.4 Å². The fourth-order valence-corrected chi connectivity index (χ4v) is 3.26. The Morgan fingerprint density at radius 1 is 1.50 bits per heavy atom. The van der Waals surface area contributed by atoms with E-state index in [1.54, 1.807) is 17.0 Å². The highest BCUT2D eigenvalue weighted by molar-refractivity contribution is 5.38. The summed E-state index contributed by atoms with van der Waals surface area (Å²) < 4.78 is 1.75. The van der Waals surface area contributed by atoms with E-state index >= 15 is 0 Å². The molecule has 1 aromatic rings. The van der Waals surface area contributed by atoms with Crippen molar-refractivity contribution in [2.45, 2.75) is 52.1 Å². The van der Waals surface area contributed by atoms with Gasteiger partial charge in [-0.05, 0) is 46.1 Å². The number of rotatable bonds is 5. The van der Waals surface area contributed by atoms with Gasteiger partial charge in [-0.25, -0.2) is 4.98 Å². The summed E-state index contributed by atoms with van der Waals surface area (Å²) in [7, 11) is 0. The molecule has 0 saturated heterocycles. The van der Waals surface area contributed by atoms with E-state index in [0.29, 0.717) is 24.3 Å². The zero-order valence-corrected chi connectivity index (χ0v) is 12.7. The molecule has 2 rings (SSSR count). The van der Waals surface area contributed by atoms with Crippen molar-refractivity contribution in [2.75, 3.05) is 18.0 Å². The first-order chi connectivity index (χ1) is 9.60. The van der Waals surface area contributed by atoms with Crippen LogP contribution in [-0.4, -0.2) is 28.7 Å². The molecule has 2 atom stereocenters. The van der Waals surface area contributed by atoms with E-state index in [1.807, 2.05) is 13.8 Å². The van der Waals surface area contributed by atoms with Gasteiger partial charge in [-0.2, -0.15) is 0 Å². The minimum absolute atomic E-state index is 0.00650. The van der Waals surface area contributed by atoms with Gasteiger partial charge in [-0.15, -0.1) is 0 Å². The van der Waals surface area contributed by atoms with Gasteiger partial charge >= 0.3 is 0 Å². The van der Waals surface area contributed by atoms with Gasteiger partial charge in [0.1, 0.15) is 0 Å². The van der Waals surface area contributed by atoms with Gasteiger partial charge in [0, 0.05) is 31.0 Å². The molecular formula is C15H26N4O. The summed E-state index contributed by atoms with van der Waals surface area (Å²) in [6.07, 6.45) is 6.94. The Morgan fingerprint density at radius 3 is 2.85 bits per heavy atom. The monoisotopic (exact) mass is 278 g/mol. The molecule has 0 aromatic carbocycles. The van der Waals surface area contributed by atoms with Crippen LogP contribution < -0.4 is 16.2 Å². The van der Waals surface area contributed by atoms with E-state index in [1.165, 1.54) is 6.42 Å². The fourth-order valence-electron chi connectivity index (χ4n) is 3.26. The predicted molar refractivity (Wildman–Crippen MR) is 82.1 cm³/mol. The van der Waals surface area contributed by atoms with Crippen molar-refractivity contribution in [1.29, 1.82) is 0 Å². The molecule has 2 unspecified atom stereocenters. The third-order valence-electron chi connectivity index (χ3n) is 4.34. The van der Waals surface area contributed by atoms with Crippen molar-refractivity contribution in [2.24, 2.45) is 11.7 Å². The van der Waals surface area contributed by atoms with Crippen LogP contribution in [0.2, 0.25) is 0 Å². The SMILES string of the molecule is CCN(c1nccn(C(C)C)c1=O)C1CCCC1CN. The molecule has 0 amide bonds. The molecule has 112 valence electrons. The molecule has 1 fully saturated rings. The highest BCUT2D eigenvalue weighted by Crippen LogP contribution is 2.30. The first kappa shape index (κ1) is 15.0. The first-order valence-electron chi connectivity index (χ1n) is 7.64. The smallest absolute Gasteiger partial charge is 0.293 e. The summed E-state index contributed by atoms with van der Waals surface area (Å²) >= 11 is 0. The van der Waals surface area contributed by atoms with Crippen LogP contribution in [0.5, 0.6) is 0 Å². The lowest BCUT2D eigenvalue weighted by Gasteiger charge is -2.32. The van der Waals surface area contributed by atoms with Gasteiger partial charge in [0.05, 0.1) is 0 Å². The molecule has 5 heteroatoms. The number of anilines is 1. The third kappa shape index (κ3) is 2.73. The van der Waals surface area contributed by atoms with Crippen LogP contribution >= 0.6 is 0 Å². The Bertz CT molecular complexity index is 497. The van der Waals surface area contributed by atoms with Gasteiger partial charge in [0.2, 0.25) is 0 Å². The molecule has 1 aliphatic carbocycles. The van der Waals surface area contributed by atoms with E-state index in [2.05, 4.69) is 16.8 Å². The summed E-state index contributed by atoms with van der Waals surface area (Å²) in [6.45, 7) is 7.59. The number of nitrogens with zero attached hydrogens (tertiary/aromatic N) is 3.